The highest BCUT2D eigenvalue weighted by atomic mass is 16.5. The number of carboxylic acid groups (broad SMARTS) is 1. The van der Waals surface area contributed by atoms with E-state index in [1.54, 1.807) is 0 Å². The van der Waals surface area contributed by atoms with Crippen molar-refractivity contribution >= 4 is 5.97 Å². The molecule has 0 radical (unpaired) electrons. The lowest BCUT2D eigenvalue weighted by Gasteiger charge is -2.01. The number of hydrogen-bond acceptors (Lipinski definition) is 5. The maximum absolute atomic E-state index is 9.25. The van der Waals surface area contributed by atoms with Crippen LogP contribution >= 0.6 is 0 Å². The van der Waals surface area contributed by atoms with Crippen LogP contribution in [-0.2, 0) is 14.3 Å². The van der Waals surface area contributed by atoms with Gasteiger partial charge in [0.1, 0.15) is 0 Å². The van der Waals surface area contributed by atoms with E-state index in [9.17, 15) is 4.79 Å². The van der Waals surface area contributed by atoms with Crippen molar-refractivity contribution in [3.63, 3.8) is 0 Å². The van der Waals surface area contributed by atoms with E-state index in [0.29, 0.717) is 26.4 Å². The van der Waals surface area contributed by atoms with E-state index in [1.165, 1.54) is 0 Å². The number of ether oxygens (including phenoxy) is 2. The summed E-state index contributed by atoms with van der Waals surface area (Å²) in [5, 5.41) is 24.1. The van der Waals surface area contributed by atoms with Gasteiger partial charge in [0.25, 0.3) is 0 Å². The molecule has 0 bridgehead atoms. The van der Waals surface area contributed by atoms with Gasteiger partial charge in [0, 0.05) is 6.08 Å². The third-order valence-corrected chi connectivity index (χ3v) is 1.35. The summed E-state index contributed by atoms with van der Waals surface area (Å²) in [6.07, 6.45) is 4.83. The molecule has 0 aliphatic rings. The highest BCUT2D eigenvalue weighted by molar-refractivity contribution is 5.78. The van der Waals surface area contributed by atoms with Crippen LogP contribution in [0.3, 0.4) is 0 Å². The van der Waals surface area contributed by atoms with Gasteiger partial charge in [-0.2, -0.15) is 0 Å². The average molecular weight is 278 g/mol. The molecule has 0 atom stereocenters. The molecule has 0 aliphatic heterocycles. The van der Waals surface area contributed by atoms with Crippen LogP contribution in [0.4, 0.5) is 0 Å². The van der Waals surface area contributed by atoms with Gasteiger partial charge in [0.15, 0.2) is 0 Å². The Balaban J connectivity index is -0.000000238. The number of carbonyl (C=O) groups is 1. The van der Waals surface area contributed by atoms with Gasteiger partial charge in [-0.1, -0.05) is 18.7 Å². The molecule has 6 heteroatoms. The molecule has 0 amide bonds. The van der Waals surface area contributed by atoms with Gasteiger partial charge in [-0.05, 0) is 13.8 Å². The quantitative estimate of drug-likeness (QED) is 0.346. The Kier molecular flexibility index (Phi) is 30.9. The largest absolute Gasteiger partial charge is 0.478 e. The van der Waals surface area contributed by atoms with Crippen LogP contribution in [0.1, 0.15) is 13.8 Å². The van der Waals surface area contributed by atoms with Crippen LogP contribution < -0.4 is 0 Å². The fourth-order valence-corrected chi connectivity index (χ4v) is 0.451. The fraction of sp³-hybridized carbons (Fsp3) is 0.615. The van der Waals surface area contributed by atoms with Gasteiger partial charge in [0.2, 0.25) is 0 Å². The van der Waals surface area contributed by atoms with Gasteiger partial charge in [-0.25, -0.2) is 4.79 Å². The predicted molar refractivity (Wildman–Crippen MR) is 74.1 cm³/mol. The Morgan fingerprint density at radius 2 is 1.32 bits per heavy atom. The Hall–Kier alpha value is -1.21. The molecule has 0 fully saturated rings. The first kappa shape index (κ1) is 22.9. The average Bonchev–Trinajstić information content (AvgIpc) is 2.43. The number of carboxylic acids is 1. The summed E-state index contributed by atoms with van der Waals surface area (Å²) < 4.78 is 9.75. The summed E-state index contributed by atoms with van der Waals surface area (Å²) in [5.41, 5.74) is 0. The number of rotatable bonds is 8. The van der Waals surface area contributed by atoms with Gasteiger partial charge in [-0.3, -0.25) is 0 Å². The summed E-state index contributed by atoms with van der Waals surface area (Å²) in [6, 6.07) is 0. The first-order chi connectivity index (χ1) is 9.10. The molecule has 0 spiro atoms. The minimum absolute atomic E-state index is 0.0417. The maximum atomic E-state index is 9.25. The van der Waals surface area contributed by atoms with Crippen LogP contribution in [0.2, 0.25) is 0 Å². The lowest BCUT2D eigenvalue weighted by Crippen LogP contribution is -2.09. The topological polar surface area (TPSA) is 96.2 Å². The van der Waals surface area contributed by atoms with Crippen molar-refractivity contribution in [3.8, 4) is 0 Å². The number of allylic oxidation sites excluding steroid dienone is 2. The van der Waals surface area contributed by atoms with E-state index in [2.05, 4.69) is 6.58 Å². The summed E-state index contributed by atoms with van der Waals surface area (Å²) in [7, 11) is 0. The molecule has 0 rings (SSSR count). The Labute approximate surface area is 115 Å². The Bertz CT molecular complexity index is 191. The molecule has 0 saturated heterocycles. The van der Waals surface area contributed by atoms with Crippen molar-refractivity contribution in [3.05, 3.63) is 24.8 Å². The third-order valence-electron chi connectivity index (χ3n) is 1.35. The molecule has 0 aliphatic carbocycles. The molecular weight excluding hydrogens is 252 g/mol. The van der Waals surface area contributed by atoms with E-state index in [0.717, 1.165) is 6.08 Å². The van der Waals surface area contributed by atoms with Crippen LogP contribution in [-0.4, -0.2) is 60.9 Å². The van der Waals surface area contributed by atoms with Crippen molar-refractivity contribution in [2.24, 2.45) is 0 Å². The summed E-state index contributed by atoms with van der Waals surface area (Å²) in [5.74, 6) is -0.981. The van der Waals surface area contributed by atoms with Crippen molar-refractivity contribution in [1.82, 2.24) is 0 Å². The molecular formula is C13H26O6. The second kappa shape index (κ2) is 25.6. The smallest absolute Gasteiger partial charge is 0.327 e. The molecule has 6 nitrogen and oxygen atoms in total. The summed E-state index contributed by atoms with van der Waals surface area (Å²) >= 11 is 0. The first-order valence-electron chi connectivity index (χ1n) is 5.90. The summed E-state index contributed by atoms with van der Waals surface area (Å²) in [6.45, 7) is 8.69. The molecule has 0 aromatic heterocycles. The van der Waals surface area contributed by atoms with Gasteiger partial charge >= 0.3 is 5.97 Å². The van der Waals surface area contributed by atoms with Crippen LogP contribution in [0.25, 0.3) is 0 Å². The molecule has 0 unspecified atom stereocenters. The fourth-order valence-electron chi connectivity index (χ4n) is 0.451. The number of hydrogen-bond donors (Lipinski definition) is 3. The van der Waals surface area contributed by atoms with Crippen LogP contribution in [0.5, 0.6) is 0 Å². The Morgan fingerprint density at radius 1 is 1.00 bits per heavy atom. The second-order valence-corrected chi connectivity index (χ2v) is 2.88. The molecule has 0 aromatic carbocycles. The lowest BCUT2D eigenvalue weighted by molar-refractivity contribution is -0.131. The lowest BCUT2D eigenvalue weighted by atomic mass is 10.6. The Morgan fingerprint density at radius 3 is 1.47 bits per heavy atom. The molecule has 114 valence electrons. The number of aliphatic hydroxyl groups is 2. The van der Waals surface area contributed by atoms with Gasteiger partial charge in [0.05, 0.1) is 39.6 Å². The standard InChI is InChI=1S/C6H14O4.C4H8.C3H4O2/c7-1-3-9-5-6-10-4-2-8;1-3-4-2;1-2-3(4)5/h7-8H,1-6H2;3-4H,1-2H3;2H,1H2,(H,4,5). The molecule has 0 heterocycles. The first-order valence-corrected chi connectivity index (χ1v) is 5.90. The zero-order chi connectivity index (χ0) is 15.4. The zero-order valence-electron chi connectivity index (χ0n) is 11.7. The minimum Gasteiger partial charge on any atom is -0.478 e. The number of aliphatic hydroxyl groups excluding tert-OH is 2. The summed E-state index contributed by atoms with van der Waals surface area (Å²) in [4.78, 5) is 9.25. The highest BCUT2D eigenvalue weighted by Gasteiger charge is 1.86. The van der Waals surface area contributed by atoms with Crippen LogP contribution in [0, 0.1) is 0 Å². The van der Waals surface area contributed by atoms with Crippen molar-refractivity contribution in [1.29, 1.82) is 0 Å². The van der Waals surface area contributed by atoms with E-state index < -0.39 is 5.97 Å². The molecule has 0 aromatic rings. The van der Waals surface area contributed by atoms with Gasteiger partial charge < -0.3 is 24.8 Å². The molecule has 3 N–H and O–H groups in total. The van der Waals surface area contributed by atoms with Crippen molar-refractivity contribution in [2.45, 2.75) is 13.8 Å². The van der Waals surface area contributed by atoms with E-state index >= 15 is 0 Å². The molecule has 19 heavy (non-hydrogen) atoms. The van der Waals surface area contributed by atoms with Gasteiger partial charge in [-0.15, -0.1) is 0 Å². The van der Waals surface area contributed by atoms with Crippen molar-refractivity contribution < 1.29 is 29.6 Å². The van der Waals surface area contributed by atoms with E-state index in [-0.39, 0.29) is 13.2 Å². The van der Waals surface area contributed by atoms with Crippen LogP contribution in [0.15, 0.2) is 24.8 Å². The third kappa shape index (κ3) is 47.5. The highest BCUT2D eigenvalue weighted by Crippen LogP contribution is 1.76. The zero-order valence-corrected chi connectivity index (χ0v) is 11.7. The second-order valence-electron chi connectivity index (χ2n) is 2.88. The van der Waals surface area contributed by atoms with E-state index in [1.807, 2.05) is 26.0 Å². The minimum atomic E-state index is -0.981. The molecule has 0 saturated carbocycles. The normalized spacial score (nSPS) is 9.05. The maximum Gasteiger partial charge on any atom is 0.327 e. The predicted octanol–water partition coefficient (Wildman–Crippen LogP) is 0.844. The van der Waals surface area contributed by atoms with E-state index in [4.69, 9.17) is 24.8 Å². The SMILES string of the molecule is C=CC(=O)O.CC=CC.OCCOCCOCCO. The van der Waals surface area contributed by atoms with Crippen molar-refractivity contribution in [2.75, 3.05) is 39.6 Å². The number of aliphatic carboxylic acids is 1. The monoisotopic (exact) mass is 278 g/mol.